The molecule has 0 atom stereocenters. The maximum Gasteiger partial charge on any atom is 0.256 e. The van der Waals surface area contributed by atoms with Crippen molar-refractivity contribution in [2.45, 2.75) is 19.5 Å². The normalized spacial score (nSPS) is 13.6. The number of aromatic amines is 1. The third-order valence-electron chi connectivity index (χ3n) is 6.15. The fraction of sp³-hybridized carbons (Fsp3) is 0.148. The van der Waals surface area contributed by atoms with Crippen LogP contribution in [0.1, 0.15) is 16.8 Å². The minimum Gasteiger partial charge on any atom is -0.461 e. The molecule has 0 unspecified atom stereocenters. The predicted molar refractivity (Wildman–Crippen MR) is 129 cm³/mol. The molecule has 0 saturated carbocycles. The number of hydrogen-bond donors (Lipinski definition) is 1. The molecular weight excluding hydrogens is 426 g/mol. The van der Waals surface area contributed by atoms with Crippen molar-refractivity contribution in [1.82, 2.24) is 24.6 Å². The minimum absolute atomic E-state index is 0.107. The van der Waals surface area contributed by atoms with Crippen molar-refractivity contribution in [3.63, 3.8) is 0 Å². The summed E-state index contributed by atoms with van der Waals surface area (Å²) >= 11 is 0. The molecule has 2 aromatic carbocycles. The van der Waals surface area contributed by atoms with Gasteiger partial charge in [0.1, 0.15) is 0 Å². The molecule has 168 valence electrons. The number of nitrogens with zero attached hydrogens (tertiary/aromatic N) is 4. The van der Waals surface area contributed by atoms with E-state index in [1.165, 1.54) is 0 Å². The third kappa shape index (κ3) is 3.86. The van der Waals surface area contributed by atoms with Crippen LogP contribution in [0.4, 0.5) is 0 Å². The molecule has 1 aliphatic rings. The second-order valence-electron chi connectivity index (χ2n) is 8.43. The van der Waals surface area contributed by atoms with Crippen LogP contribution < -0.4 is 5.56 Å². The van der Waals surface area contributed by atoms with E-state index in [0.717, 1.165) is 40.3 Å². The number of para-hydroxylation sites is 1. The van der Waals surface area contributed by atoms with Gasteiger partial charge in [-0.2, -0.15) is 5.10 Å². The van der Waals surface area contributed by atoms with E-state index in [2.05, 4.69) is 33.2 Å². The van der Waals surface area contributed by atoms with Crippen LogP contribution in [0.25, 0.3) is 28.5 Å². The number of benzene rings is 2. The van der Waals surface area contributed by atoms with Crippen LogP contribution in [0, 0.1) is 0 Å². The highest BCUT2D eigenvalue weighted by molar-refractivity contribution is 5.63. The third-order valence-corrected chi connectivity index (χ3v) is 6.15. The predicted octanol–water partition coefficient (Wildman–Crippen LogP) is 4.44. The zero-order valence-electron chi connectivity index (χ0n) is 18.5. The molecule has 3 aromatic heterocycles. The van der Waals surface area contributed by atoms with Gasteiger partial charge in [0, 0.05) is 43.4 Å². The molecule has 1 aliphatic heterocycles. The molecule has 0 fully saturated rings. The van der Waals surface area contributed by atoms with E-state index >= 15 is 0 Å². The van der Waals surface area contributed by atoms with Crippen molar-refractivity contribution in [2.75, 3.05) is 6.54 Å². The largest absolute Gasteiger partial charge is 0.461 e. The first kappa shape index (κ1) is 20.4. The van der Waals surface area contributed by atoms with Crippen LogP contribution in [0.15, 0.2) is 94.5 Å². The summed E-state index contributed by atoms with van der Waals surface area (Å²) in [5.41, 5.74) is 5.62. The number of aromatic nitrogens is 4. The van der Waals surface area contributed by atoms with Crippen LogP contribution >= 0.6 is 0 Å². The highest BCUT2D eigenvalue weighted by atomic mass is 16.3. The van der Waals surface area contributed by atoms with E-state index in [1.54, 1.807) is 18.4 Å². The highest BCUT2D eigenvalue weighted by Gasteiger charge is 2.24. The second-order valence-corrected chi connectivity index (χ2v) is 8.43. The summed E-state index contributed by atoms with van der Waals surface area (Å²) in [6.45, 7) is 2.04. The summed E-state index contributed by atoms with van der Waals surface area (Å²) < 4.78 is 7.34. The molecule has 7 nitrogen and oxygen atoms in total. The van der Waals surface area contributed by atoms with Gasteiger partial charge < -0.3 is 9.40 Å². The Balaban J connectivity index is 1.31. The quantitative estimate of drug-likeness (QED) is 0.429. The molecule has 0 radical (unpaired) electrons. The molecule has 34 heavy (non-hydrogen) atoms. The summed E-state index contributed by atoms with van der Waals surface area (Å²) in [6, 6.07) is 23.9. The van der Waals surface area contributed by atoms with Gasteiger partial charge in [0.25, 0.3) is 5.56 Å². The number of nitrogens with one attached hydrogen (secondary N) is 1. The SMILES string of the molecule is O=c1[nH]c(-c2ccco2)nc2c1CN(Cc1cn(-c3ccccc3)nc1-c1ccccc1)CC2. The zero-order valence-corrected chi connectivity index (χ0v) is 18.5. The molecule has 6 rings (SSSR count). The fourth-order valence-electron chi connectivity index (χ4n) is 4.46. The van der Waals surface area contributed by atoms with Crippen LogP contribution in [-0.2, 0) is 19.5 Å². The summed E-state index contributed by atoms with van der Waals surface area (Å²) in [6.07, 6.45) is 4.38. The molecule has 7 heteroatoms. The number of furan rings is 1. The lowest BCUT2D eigenvalue weighted by molar-refractivity contribution is 0.242. The first-order chi connectivity index (χ1) is 16.7. The van der Waals surface area contributed by atoms with E-state index in [0.29, 0.717) is 31.1 Å². The van der Waals surface area contributed by atoms with Crippen LogP contribution in [-0.4, -0.2) is 31.2 Å². The van der Waals surface area contributed by atoms with E-state index in [4.69, 9.17) is 9.52 Å². The van der Waals surface area contributed by atoms with Crippen molar-refractivity contribution >= 4 is 0 Å². The van der Waals surface area contributed by atoms with Gasteiger partial charge in [-0.1, -0.05) is 48.5 Å². The highest BCUT2D eigenvalue weighted by Crippen LogP contribution is 2.27. The Hall–Kier alpha value is -4.23. The molecule has 0 saturated heterocycles. The number of hydrogen-bond acceptors (Lipinski definition) is 5. The topological polar surface area (TPSA) is 80.0 Å². The van der Waals surface area contributed by atoms with Gasteiger partial charge >= 0.3 is 0 Å². The van der Waals surface area contributed by atoms with E-state index in [1.807, 2.05) is 53.2 Å². The van der Waals surface area contributed by atoms with Gasteiger partial charge in [-0.05, 0) is 24.3 Å². The standard InChI is InChI=1S/C27H23N5O2/c33-27-22-18-31(14-13-23(22)28-26(29-27)24-12-7-15-34-24)16-20-17-32(21-10-5-2-6-11-21)30-25(20)19-8-3-1-4-9-19/h1-12,15,17H,13-14,16,18H2,(H,28,29,33). The van der Waals surface area contributed by atoms with E-state index in [-0.39, 0.29) is 5.56 Å². The molecule has 0 amide bonds. The lowest BCUT2D eigenvalue weighted by Crippen LogP contribution is -2.35. The first-order valence-electron chi connectivity index (χ1n) is 11.3. The Morgan fingerprint density at radius 2 is 1.76 bits per heavy atom. The van der Waals surface area contributed by atoms with Gasteiger partial charge in [0.15, 0.2) is 11.6 Å². The summed E-state index contributed by atoms with van der Waals surface area (Å²) in [7, 11) is 0. The van der Waals surface area contributed by atoms with Crippen molar-refractivity contribution in [3.8, 4) is 28.5 Å². The van der Waals surface area contributed by atoms with Gasteiger partial charge in [0.05, 0.1) is 28.9 Å². The van der Waals surface area contributed by atoms with Crippen LogP contribution in [0.3, 0.4) is 0 Å². The number of fused-ring (bicyclic) bond motifs is 1. The van der Waals surface area contributed by atoms with Crippen molar-refractivity contribution in [2.24, 2.45) is 0 Å². The average Bonchev–Trinajstić information content (AvgIpc) is 3.56. The summed E-state index contributed by atoms with van der Waals surface area (Å²) in [4.78, 5) is 22.7. The number of H-pyrrole nitrogens is 1. The molecule has 0 aliphatic carbocycles. The maximum absolute atomic E-state index is 12.9. The Morgan fingerprint density at radius 3 is 2.53 bits per heavy atom. The van der Waals surface area contributed by atoms with Crippen molar-refractivity contribution in [1.29, 1.82) is 0 Å². The number of rotatable bonds is 5. The van der Waals surface area contributed by atoms with E-state index in [9.17, 15) is 4.79 Å². The second kappa shape index (κ2) is 8.61. The first-order valence-corrected chi connectivity index (χ1v) is 11.3. The summed E-state index contributed by atoms with van der Waals surface area (Å²) in [5, 5.41) is 4.92. The van der Waals surface area contributed by atoms with Gasteiger partial charge in [-0.25, -0.2) is 9.67 Å². The Morgan fingerprint density at radius 1 is 0.971 bits per heavy atom. The smallest absolute Gasteiger partial charge is 0.256 e. The monoisotopic (exact) mass is 449 g/mol. The Kier molecular flexibility index (Phi) is 5.16. The molecule has 4 heterocycles. The molecular formula is C27H23N5O2. The van der Waals surface area contributed by atoms with Crippen molar-refractivity contribution in [3.05, 3.63) is 112 Å². The van der Waals surface area contributed by atoms with Crippen molar-refractivity contribution < 1.29 is 4.42 Å². The van der Waals surface area contributed by atoms with Gasteiger partial charge in [-0.3, -0.25) is 9.69 Å². The maximum atomic E-state index is 12.9. The zero-order chi connectivity index (χ0) is 22.9. The van der Waals surface area contributed by atoms with Crippen LogP contribution in [0.2, 0.25) is 0 Å². The minimum atomic E-state index is -0.107. The lowest BCUT2D eigenvalue weighted by Gasteiger charge is -2.27. The lowest BCUT2D eigenvalue weighted by atomic mass is 10.0. The molecule has 1 N–H and O–H groups in total. The Labute approximate surface area is 196 Å². The van der Waals surface area contributed by atoms with Crippen LogP contribution in [0.5, 0.6) is 0 Å². The average molecular weight is 450 g/mol. The summed E-state index contributed by atoms with van der Waals surface area (Å²) in [5.74, 6) is 1.06. The molecule has 0 bridgehead atoms. The van der Waals surface area contributed by atoms with Gasteiger partial charge in [-0.15, -0.1) is 0 Å². The fourth-order valence-corrected chi connectivity index (χ4v) is 4.46. The van der Waals surface area contributed by atoms with E-state index < -0.39 is 0 Å². The molecule has 5 aromatic rings. The Bertz CT molecular complexity index is 1470. The molecule has 0 spiro atoms. The van der Waals surface area contributed by atoms with Gasteiger partial charge in [0.2, 0.25) is 0 Å².